The van der Waals surface area contributed by atoms with E-state index >= 15 is 0 Å². The van der Waals surface area contributed by atoms with Crippen LogP contribution in [0, 0.1) is 0 Å². The monoisotopic (exact) mass is 284 g/mol. The zero-order chi connectivity index (χ0) is 15.1. The largest absolute Gasteiger partial charge is 0.466 e. The predicted molar refractivity (Wildman–Crippen MR) is 87.5 cm³/mol. The number of rotatable bonds is 7. The molecule has 1 unspecified atom stereocenters. The third-order valence-electron chi connectivity index (χ3n) is 3.78. The van der Waals surface area contributed by atoms with Crippen molar-refractivity contribution >= 4 is 16.7 Å². The second-order valence-corrected chi connectivity index (χ2v) is 5.48. The summed E-state index contributed by atoms with van der Waals surface area (Å²) < 4.78 is 5.26. The Hall–Kier alpha value is -1.83. The minimum Gasteiger partial charge on any atom is -0.466 e. The maximum atomic E-state index is 12.0. The summed E-state index contributed by atoms with van der Waals surface area (Å²) in [5, 5.41) is 2.49. The van der Waals surface area contributed by atoms with Gasteiger partial charge < -0.3 is 4.74 Å². The molecule has 0 aliphatic heterocycles. The summed E-state index contributed by atoms with van der Waals surface area (Å²) >= 11 is 0. The highest BCUT2D eigenvalue weighted by Crippen LogP contribution is 2.31. The summed E-state index contributed by atoms with van der Waals surface area (Å²) in [6.07, 6.45) is 3.42. The smallest absolute Gasteiger partial charge is 0.306 e. The normalized spacial score (nSPS) is 12.3. The van der Waals surface area contributed by atoms with Crippen LogP contribution >= 0.6 is 0 Å². The number of hydrogen-bond donors (Lipinski definition) is 0. The van der Waals surface area contributed by atoms with E-state index in [1.165, 1.54) is 16.3 Å². The molecule has 1 atom stereocenters. The van der Waals surface area contributed by atoms with E-state index < -0.39 is 0 Å². The van der Waals surface area contributed by atoms with Crippen LogP contribution < -0.4 is 0 Å². The molecule has 0 radical (unpaired) electrons. The van der Waals surface area contributed by atoms with Crippen molar-refractivity contribution in [3.63, 3.8) is 0 Å². The molecule has 2 heteroatoms. The van der Waals surface area contributed by atoms with Crippen molar-refractivity contribution < 1.29 is 9.53 Å². The molecule has 0 saturated carbocycles. The van der Waals surface area contributed by atoms with Crippen molar-refractivity contribution in [3.05, 3.63) is 48.0 Å². The van der Waals surface area contributed by atoms with Gasteiger partial charge in [-0.3, -0.25) is 4.79 Å². The van der Waals surface area contributed by atoms with E-state index in [9.17, 15) is 4.79 Å². The number of esters is 1. The van der Waals surface area contributed by atoms with Crippen LogP contribution in [0.3, 0.4) is 0 Å². The van der Waals surface area contributed by atoms with E-state index in [4.69, 9.17) is 4.74 Å². The van der Waals surface area contributed by atoms with Gasteiger partial charge in [-0.25, -0.2) is 0 Å². The van der Waals surface area contributed by atoms with E-state index in [1.54, 1.807) is 0 Å². The molecule has 0 aliphatic rings. The first kappa shape index (κ1) is 15.6. The Morgan fingerprint density at radius 3 is 2.57 bits per heavy atom. The Bertz CT molecular complexity index is 584. The fraction of sp³-hybridized carbons (Fsp3) is 0.421. The Morgan fingerprint density at radius 1 is 1.05 bits per heavy atom. The quantitative estimate of drug-likeness (QED) is 0.664. The molecule has 0 fully saturated rings. The lowest BCUT2D eigenvalue weighted by atomic mass is 9.88. The molecule has 2 nitrogen and oxygen atoms in total. The third kappa shape index (κ3) is 4.07. The molecular formula is C19H24O2. The fourth-order valence-corrected chi connectivity index (χ4v) is 2.80. The average molecular weight is 284 g/mol. The Balaban J connectivity index is 2.25. The molecule has 0 amide bonds. The molecule has 21 heavy (non-hydrogen) atoms. The van der Waals surface area contributed by atoms with Gasteiger partial charge in [-0.15, -0.1) is 0 Å². The molecule has 0 heterocycles. The highest BCUT2D eigenvalue weighted by atomic mass is 16.5. The molecule has 2 rings (SSSR count). The maximum absolute atomic E-state index is 12.0. The van der Waals surface area contributed by atoms with Crippen molar-refractivity contribution in [2.45, 2.75) is 45.4 Å². The Kier molecular flexibility index (Phi) is 5.79. The van der Waals surface area contributed by atoms with Crippen LogP contribution in [0.5, 0.6) is 0 Å². The van der Waals surface area contributed by atoms with Crippen LogP contribution in [0.15, 0.2) is 42.5 Å². The molecule has 2 aromatic rings. The number of carbonyl (C=O) groups is 1. The first-order valence-electron chi connectivity index (χ1n) is 7.89. The van der Waals surface area contributed by atoms with Gasteiger partial charge in [-0.1, -0.05) is 62.7 Å². The van der Waals surface area contributed by atoms with Gasteiger partial charge in [0.2, 0.25) is 0 Å². The molecule has 0 N–H and O–H groups in total. The second-order valence-electron chi connectivity index (χ2n) is 5.48. The van der Waals surface area contributed by atoms with Crippen molar-refractivity contribution in [3.8, 4) is 0 Å². The summed E-state index contributed by atoms with van der Waals surface area (Å²) in [6.45, 7) is 4.70. The molecule has 0 saturated heterocycles. The summed E-state index contributed by atoms with van der Waals surface area (Å²) in [7, 11) is 0. The number of carbonyl (C=O) groups excluding carboxylic acids is 1. The third-order valence-corrected chi connectivity index (χ3v) is 3.78. The highest BCUT2D eigenvalue weighted by Gasteiger charge is 2.18. The van der Waals surface area contributed by atoms with Crippen LogP contribution in [-0.4, -0.2) is 12.6 Å². The van der Waals surface area contributed by atoms with Crippen LogP contribution in [0.4, 0.5) is 0 Å². The second kappa shape index (κ2) is 7.82. The standard InChI is InChI=1S/C19H24O2/c1-3-8-16(14-19(20)21-13-4-2)18-12-7-10-15-9-5-6-11-17(15)18/h5-7,9-12,16H,3-4,8,13-14H2,1-2H3. The van der Waals surface area contributed by atoms with Crippen LogP contribution in [0.1, 0.15) is 51.0 Å². The number of benzene rings is 2. The fourth-order valence-electron chi connectivity index (χ4n) is 2.80. The summed E-state index contributed by atoms with van der Waals surface area (Å²) in [4.78, 5) is 12.0. The van der Waals surface area contributed by atoms with Crippen LogP contribution in [0.25, 0.3) is 10.8 Å². The molecule has 2 aromatic carbocycles. The summed E-state index contributed by atoms with van der Waals surface area (Å²) in [6, 6.07) is 14.7. The van der Waals surface area contributed by atoms with Crippen molar-refractivity contribution in [1.82, 2.24) is 0 Å². The molecule has 0 aromatic heterocycles. The highest BCUT2D eigenvalue weighted by molar-refractivity contribution is 5.86. The van der Waals surface area contributed by atoms with Gasteiger partial charge in [0.25, 0.3) is 0 Å². The van der Waals surface area contributed by atoms with Crippen molar-refractivity contribution in [2.24, 2.45) is 0 Å². The topological polar surface area (TPSA) is 26.3 Å². The van der Waals surface area contributed by atoms with Gasteiger partial charge in [0, 0.05) is 0 Å². The molecule has 112 valence electrons. The molecule has 0 spiro atoms. The van der Waals surface area contributed by atoms with Gasteiger partial charge in [0.15, 0.2) is 0 Å². The molecule has 0 aliphatic carbocycles. The number of fused-ring (bicyclic) bond motifs is 1. The number of ether oxygens (including phenoxy) is 1. The van der Waals surface area contributed by atoms with Crippen LogP contribution in [-0.2, 0) is 9.53 Å². The SMILES string of the molecule is CCCOC(=O)CC(CCC)c1cccc2ccccc12. The van der Waals surface area contributed by atoms with Gasteiger partial charge >= 0.3 is 5.97 Å². The first-order chi connectivity index (χ1) is 10.3. The van der Waals surface area contributed by atoms with Gasteiger partial charge in [-0.05, 0) is 35.1 Å². The predicted octanol–water partition coefficient (Wildman–Crippen LogP) is 5.07. The van der Waals surface area contributed by atoms with E-state index in [1.807, 2.05) is 6.92 Å². The lowest BCUT2D eigenvalue weighted by Crippen LogP contribution is -2.11. The average Bonchev–Trinajstić information content (AvgIpc) is 2.52. The van der Waals surface area contributed by atoms with Gasteiger partial charge in [0.1, 0.15) is 0 Å². The van der Waals surface area contributed by atoms with Crippen molar-refractivity contribution in [1.29, 1.82) is 0 Å². The van der Waals surface area contributed by atoms with Gasteiger partial charge in [-0.2, -0.15) is 0 Å². The van der Waals surface area contributed by atoms with E-state index in [-0.39, 0.29) is 11.9 Å². The summed E-state index contributed by atoms with van der Waals surface area (Å²) in [5.41, 5.74) is 1.27. The zero-order valence-corrected chi connectivity index (χ0v) is 13.0. The number of hydrogen-bond acceptors (Lipinski definition) is 2. The lowest BCUT2D eigenvalue weighted by Gasteiger charge is -2.18. The Labute approximate surface area is 127 Å². The molecular weight excluding hydrogens is 260 g/mol. The zero-order valence-electron chi connectivity index (χ0n) is 13.0. The Morgan fingerprint density at radius 2 is 1.81 bits per heavy atom. The first-order valence-corrected chi connectivity index (χ1v) is 7.89. The summed E-state index contributed by atoms with van der Waals surface area (Å²) in [5.74, 6) is 0.161. The maximum Gasteiger partial charge on any atom is 0.306 e. The lowest BCUT2D eigenvalue weighted by molar-refractivity contribution is -0.144. The minimum absolute atomic E-state index is 0.0803. The van der Waals surface area contributed by atoms with Crippen LogP contribution in [0.2, 0.25) is 0 Å². The van der Waals surface area contributed by atoms with E-state index in [0.29, 0.717) is 13.0 Å². The van der Waals surface area contributed by atoms with E-state index in [2.05, 4.69) is 49.4 Å². The van der Waals surface area contributed by atoms with Gasteiger partial charge in [0.05, 0.1) is 13.0 Å². The van der Waals surface area contributed by atoms with E-state index in [0.717, 1.165) is 19.3 Å². The van der Waals surface area contributed by atoms with Crippen molar-refractivity contribution in [2.75, 3.05) is 6.61 Å². The minimum atomic E-state index is -0.0803. The molecule has 0 bridgehead atoms.